The van der Waals surface area contributed by atoms with Crippen molar-refractivity contribution in [1.82, 2.24) is 14.5 Å². The zero-order valence-electron chi connectivity index (χ0n) is 16.0. The number of pyridine rings is 1. The Labute approximate surface area is 165 Å². The van der Waals surface area contributed by atoms with Gasteiger partial charge in [-0.15, -0.1) is 11.3 Å². The standard InChI is InChI=1S/C20H19N5O2S/c1-12(23-27-4)13-6-5-7-14(10-13)25-11-22-17-16-15(24(2)3)8-9-21-19(16)28-18(17)20(25)26/h5-11H,1-4H3/b23-12+. The third-order valence-corrected chi connectivity index (χ3v) is 5.59. The third-order valence-electron chi connectivity index (χ3n) is 4.51. The van der Waals surface area contributed by atoms with E-state index in [1.54, 1.807) is 17.1 Å². The van der Waals surface area contributed by atoms with Crippen molar-refractivity contribution in [3.63, 3.8) is 0 Å². The van der Waals surface area contributed by atoms with Crippen LogP contribution in [0.1, 0.15) is 12.5 Å². The summed E-state index contributed by atoms with van der Waals surface area (Å²) in [6, 6.07) is 9.50. The van der Waals surface area contributed by atoms with Gasteiger partial charge in [0.15, 0.2) is 0 Å². The lowest BCUT2D eigenvalue weighted by Crippen LogP contribution is -2.18. The highest BCUT2D eigenvalue weighted by Crippen LogP contribution is 2.35. The zero-order valence-corrected chi connectivity index (χ0v) is 16.8. The molecule has 0 saturated carbocycles. The van der Waals surface area contributed by atoms with Crippen LogP contribution in [0.2, 0.25) is 0 Å². The molecule has 0 fully saturated rings. The highest BCUT2D eigenvalue weighted by molar-refractivity contribution is 7.25. The van der Waals surface area contributed by atoms with Crippen molar-refractivity contribution in [3.8, 4) is 5.69 Å². The van der Waals surface area contributed by atoms with Crippen LogP contribution in [0.15, 0.2) is 52.8 Å². The minimum Gasteiger partial charge on any atom is -0.399 e. The fourth-order valence-corrected chi connectivity index (χ4v) is 4.21. The lowest BCUT2D eigenvalue weighted by Gasteiger charge is -2.13. The molecule has 142 valence electrons. The minimum absolute atomic E-state index is 0.115. The van der Waals surface area contributed by atoms with Crippen molar-refractivity contribution in [2.75, 3.05) is 26.1 Å². The summed E-state index contributed by atoms with van der Waals surface area (Å²) in [5.41, 5.74) is 3.89. The third kappa shape index (κ3) is 2.91. The van der Waals surface area contributed by atoms with Gasteiger partial charge in [-0.3, -0.25) is 9.36 Å². The molecule has 0 atom stereocenters. The summed E-state index contributed by atoms with van der Waals surface area (Å²) in [5, 5.41) is 4.87. The number of rotatable bonds is 4. The second-order valence-corrected chi connectivity index (χ2v) is 7.51. The van der Waals surface area contributed by atoms with Crippen LogP contribution in [0.3, 0.4) is 0 Å². The number of fused-ring (bicyclic) bond motifs is 3. The van der Waals surface area contributed by atoms with Crippen molar-refractivity contribution in [2.24, 2.45) is 5.16 Å². The van der Waals surface area contributed by atoms with Crippen molar-refractivity contribution in [2.45, 2.75) is 6.92 Å². The van der Waals surface area contributed by atoms with Gasteiger partial charge in [0.1, 0.15) is 23.0 Å². The topological polar surface area (TPSA) is 72.6 Å². The lowest BCUT2D eigenvalue weighted by molar-refractivity contribution is 0.213. The average Bonchev–Trinajstić information content (AvgIpc) is 3.08. The molecule has 4 rings (SSSR count). The van der Waals surface area contributed by atoms with Crippen LogP contribution >= 0.6 is 11.3 Å². The first-order valence-corrected chi connectivity index (χ1v) is 9.47. The van der Waals surface area contributed by atoms with E-state index < -0.39 is 0 Å². The van der Waals surface area contributed by atoms with Crippen molar-refractivity contribution in [1.29, 1.82) is 0 Å². The fourth-order valence-electron chi connectivity index (χ4n) is 3.16. The van der Waals surface area contributed by atoms with E-state index in [0.29, 0.717) is 10.2 Å². The molecule has 0 aliphatic rings. The Morgan fingerprint density at radius 3 is 2.82 bits per heavy atom. The Kier molecular flexibility index (Phi) is 4.56. The summed E-state index contributed by atoms with van der Waals surface area (Å²) >= 11 is 1.37. The molecule has 0 unspecified atom stereocenters. The molecule has 7 nitrogen and oxygen atoms in total. The molecule has 0 amide bonds. The maximum absolute atomic E-state index is 13.2. The van der Waals surface area contributed by atoms with Crippen LogP contribution in [0.5, 0.6) is 0 Å². The largest absolute Gasteiger partial charge is 0.399 e. The maximum atomic E-state index is 13.2. The van der Waals surface area contributed by atoms with Gasteiger partial charge in [0.25, 0.3) is 5.56 Å². The van der Waals surface area contributed by atoms with Crippen LogP contribution < -0.4 is 10.5 Å². The number of hydrogen-bond donors (Lipinski definition) is 0. The van der Waals surface area contributed by atoms with Crippen LogP contribution in [-0.4, -0.2) is 41.5 Å². The molecule has 4 aromatic rings. The number of oxime groups is 1. The predicted molar refractivity (Wildman–Crippen MR) is 114 cm³/mol. The fraction of sp³-hybridized carbons (Fsp3) is 0.200. The van der Waals surface area contributed by atoms with E-state index in [4.69, 9.17) is 4.84 Å². The second-order valence-electron chi connectivity index (χ2n) is 6.51. The molecule has 8 heteroatoms. The normalized spacial score (nSPS) is 11.9. The van der Waals surface area contributed by atoms with Crippen molar-refractivity contribution >= 4 is 43.2 Å². The first-order chi connectivity index (χ1) is 13.5. The Bertz CT molecular complexity index is 1270. The van der Waals surface area contributed by atoms with E-state index in [1.165, 1.54) is 18.4 Å². The summed E-state index contributed by atoms with van der Waals surface area (Å²) in [7, 11) is 5.44. The molecular weight excluding hydrogens is 374 g/mol. The molecule has 0 aliphatic heterocycles. The van der Waals surface area contributed by atoms with Crippen LogP contribution in [0.25, 0.3) is 26.1 Å². The first-order valence-electron chi connectivity index (χ1n) is 8.66. The van der Waals surface area contributed by atoms with Gasteiger partial charge in [0.05, 0.1) is 28.0 Å². The van der Waals surface area contributed by atoms with Gasteiger partial charge in [0, 0.05) is 25.9 Å². The smallest absolute Gasteiger partial charge is 0.275 e. The molecule has 3 heterocycles. The Hall–Kier alpha value is -3.26. The zero-order chi connectivity index (χ0) is 19.8. The van der Waals surface area contributed by atoms with Crippen LogP contribution in [0, 0.1) is 0 Å². The SMILES string of the molecule is CO/N=C(\C)c1cccc(-n2cnc3c(sc4nccc(N(C)C)c43)c2=O)c1. The summed E-state index contributed by atoms with van der Waals surface area (Å²) in [4.78, 5) is 29.9. The number of thiophene rings is 1. The quantitative estimate of drug-likeness (QED) is 0.392. The van der Waals surface area contributed by atoms with E-state index in [1.807, 2.05) is 56.3 Å². The Balaban J connectivity index is 1.94. The van der Waals surface area contributed by atoms with Crippen LogP contribution in [-0.2, 0) is 4.84 Å². The summed E-state index contributed by atoms with van der Waals surface area (Å²) in [6.07, 6.45) is 3.33. The molecule has 0 aliphatic carbocycles. The van der Waals surface area contributed by atoms with Crippen molar-refractivity contribution < 1.29 is 4.84 Å². The van der Waals surface area contributed by atoms with Gasteiger partial charge in [0.2, 0.25) is 0 Å². The molecule has 28 heavy (non-hydrogen) atoms. The van der Waals surface area contributed by atoms with Gasteiger partial charge in [-0.2, -0.15) is 0 Å². The lowest BCUT2D eigenvalue weighted by atomic mass is 10.1. The highest BCUT2D eigenvalue weighted by Gasteiger charge is 2.17. The first kappa shape index (κ1) is 18.1. The van der Waals surface area contributed by atoms with E-state index in [0.717, 1.165) is 32.9 Å². The number of anilines is 1. The Morgan fingerprint density at radius 1 is 1.25 bits per heavy atom. The predicted octanol–water partition coefficient (Wildman–Crippen LogP) is 3.43. The second kappa shape index (κ2) is 7.05. The molecule has 1 aromatic carbocycles. The van der Waals surface area contributed by atoms with Gasteiger partial charge < -0.3 is 9.74 Å². The average molecular weight is 393 g/mol. The van der Waals surface area contributed by atoms with Crippen LogP contribution in [0.4, 0.5) is 5.69 Å². The number of hydrogen-bond acceptors (Lipinski definition) is 7. The van der Waals surface area contributed by atoms with E-state index >= 15 is 0 Å². The van der Waals surface area contributed by atoms with Gasteiger partial charge >= 0.3 is 0 Å². The van der Waals surface area contributed by atoms with E-state index in [-0.39, 0.29) is 5.56 Å². The monoisotopic (exact) mass is 393 g/mol. The van der Waals surface area contributed by atoms with Gasteiger partial charge in [-0.05, 0) is 25.1 Å². The molecule has 0 spiro atoms. The van der Waals surface area contributed by atoms with E-state index in [2.05, 4.69) is 15.1 Å². The summed E-state index contributed by atoms with van der Waals surface area (Å²) < 4.78 is 2.14. The maximum Gasteiger partial charge on any atom is 0.275 e. The Morgan fingerprint density at radius 2 is 2.07 bits per heavy atom. The molecule has 0 N–H and O–H groups in total. The van der Waals surface area contributed by atoms with E-state index in [9.17, 15) is 4.79 Å². The minimum atomic E-state index is -0.115. The molecule has 0 saturated heterocycles. The van der Waals surface area contributed by atoms with Crippen molar-refractivity contribution in [3.05, 3.63) is 58.8 Å². The molecule has 0 radical (unpaired) electrons. The molecule has 3 aromatic heterocycles. The number of nitrogens with zero attached hydrogens (tertiary/aromatic N) is 5. The summed E-state index contributed by atoms with van der Waals surface area (Å²) in [5.74, 6) is 0. The highest BCUT2D eigenvalue weighted by atomic mass is 32.1. The molecule has 0 bridgehead atoms. The number of benzene rings is 1. The van der Waals surface area contributed by atoms with Gasteiger partial charge in [-0.1, -0.05) is 17.3 Å². The summed E-state index contributed by atoms with van der Waals surface area (Å²) in [6.45, 7) is 1.85. The number of aromatic nitrogens is 3. The molecular formula is C20H19N5O2S. The van der Waals surface area contributed by atoms with Gasteiger partial charge in [-0.25, -0.2) is 9.97 Å².